The highest BCUT2D eigenvalue weighted by atomic mass is 16.5. The van der Waals surface area contributed by atoms with Crippen LogP contribution in [0.1, 0.15) is 50.0 Å². The molecule has 1 aromatic rings. The molecule has 0 bridgehead atoms. The topological polar surface area (TPSA) is 47.0 Å². The van der Waals surface area contributed by atoms with E-state index in [1.54, 1.807) is 7.11 Å². The second kappa shape index (κ2) is 6.19. The summed E-state index contributed by atoms with van der Waals surface area (Å²) < 4.78 is 5.51. The van der Waals surface area contributed by atoms with Gasteiger partial charge in [-0.1, -0.05) is 6.92 Å². The molecule has 1 atom stereocenters. The van der Waals surface area contributed by atoms with Crippen molar-refractivity contribution in [2.45, 2.75) is 52.6 Å². The standard InChI is InChI=1S/C16H27N3O/c1-6-17-10-12-7-8-14-13(9-12)11(2)18-15(19-14)16(3,4)20-5/h12,17H,6-10H2,1-5H3. The molecule has 1 unspecified atom stereocenters. The Morgan fingerprint density at radius 1 is 1.35 bits per heavy atom. The Bertz CT molecular complexity index is 471. The number of nitrogens with one attached hydrogen (secondary N) is 1. The zero-order valence-corrected chi connectivity index (χ0v) is 13.4. The zero-order chi connectivity index (χ0) is 14.8. The average Bonchev–Trinajstić information content (AvgIpc) is 2.45. The summed E-state index contributed by atoms with van der Waals surface area (Å²) in [6.45, 7) is 10.4. The highest BCUT2D eigenvalue weighted by molar-refractivity contribution is 5.29. The molecule has 0 saturated carbocycles. The highest BCUT2D eigenvalue weighted by Gasteiger charge is 2.28. The number of nitrogens with zero attached hydrogens (tertiary/aromatic N) is 2. The van der Waals surface area contributed by atoms with Crippen LogP contribution in [0.25, 0.3) is 0 Å². The maximum Gasteiger partial charge on any atom is 0.160 e. The molecule has 1 heterocycles. The SMILES string of the molecule is CCNCC1CCc2nc(C(C)(C)OC)nc(C)c2C1. The Balaban J connectivity index is 2.23. The highest BCUT2D eigenvalue weighted by Crippen LogP contribution is 2.29. The quantitative estimate of drug-likeness (QED) is 0.897. The summed E-state index contributed by atoms with van der Waals surface area (Å²) in [5.74, 6) is 1.52. The summed E-state index contributed by atoms with van der Waals surface area (Å²) in [7, 11) is 1.71. The maximum atomic E-state index is 5.51. The average molecular weight is 277 g/mol. The van der Waals surface area contributed by atoms with Crippen LogP contribution >= 0.6 is 0 Å². The second-order valence-corrected chi connectivity index (χ2v) is 6.19. The van der Waals surface area contributed by atoms with E-state index in [-0.39, 0.29) is 0 Å². The number of ether oxygens (including phenoxy) is 1. The molecule has 1 N–H and O–H groups in total. The number of aryl methyl sites for hydroxylation is 2. The lowest BCUT2D eigenvalue weighted by Crippen LogP contribution is -2.30. The Morgan fingerprint density at radius 2 is 2.10 bits per heavy atom. The smallest absolute Gasteiger partial charge is 0.160 e. The molecular formula is C16H27N3O. The minimum atomic E-state index is -0.416. The van der Waals surface area contributed by atoms with Crippen LogP contribution < -0.4 is 5.32 Å². The fraction of sp³-hybridized carbons (Fsp3) is 0.750. The van der Waals surface area contributed by atoms with E-state index in [9.17, 15) is 0 Å². The van der Waals surface area contributed by atoms with E-state index in [0.717, 1.165) is 37.4 Å². The van der Waals surface area contributed by atoms with Crippen LogP contribution in [0, 0.1) is 12.8 Å². The molecule has 0 saturated heterocycles. The predicted molar refractivity (Wildman–Crippen MR) is 80.9 cm³/mol. The largest absolute Gasteiger partial charge is 0.371 e. The van der Waals surface area contributed by atoms with E-state index >= 15 is 0 Å². The Morgan fingerprint density at radius 3 is 2.75 bits per heavy atom. The van der Waals surface area contributed by atoms with Gasteiger partial charge in [-0.05, 0) is 64.6 Å². The Labute approximate surface area is 122 Å². The molecule has 0 aromatic carbocycles. The summed E-state index contributed by atoms with van der Waals surface area (Å²) in [4.78, 5) is 9.46. The van der Waals surface area contributed by atoms with Crippen molar-refractivity contribution in [3.63, 3.8) is 0 Å². The van der Waals surface area contributed by atoms with Crippen LogP contribution in [0.2, 0.25) is 0 Å². The van der Waals surface area contributed by atoms with Gasteiger partial charge in [-0.2, -0.15) is 0 Å². The van der Waals surface area contributed by atoms with E-state index in [1.807, 2.05) is 13.8 Å². The van der Waals surface area contributed by atoms with Gasteiger partial charge in [-0.25, -0.2) is 9.97 Å². The third kappa shape index (κ3) is 3.18. The van der Waals surface area contributed by atoms with Gasteiger partial charge < -0.3 is 10.1 Å². The first-order valence-corrected chi connectivity index (χ1v) is 7.60. The van der Waals surface area contributed by atoms with Gasteiger partial charge in [-0.3, -0.25) is 0 Å². The third-order valence-electron chi connectivity index (χ3n) is 4.31. The number of aromatic nitrogens is 2. The molecule has 1 aliphatic carbocycles. The van der Waals surface area contributed by atoms with E-state index < -0.39 is 5.60 Å². The van der Waals surface area contributed by atoms with E-state index in [0.29, 0.717) is 5.92 Å². The van der Waals surface area contributed by atoms with Crippen LogP contribution in [0.3, 0.4) is 0 Å². The maximum absolute atomic E-state index is 5.51. The van der Waals surface area contributed by atoms with Gasteiger partial charge in [0.15, 0.2) is 5.82 Å². The Kier molecular flexibility index (Phi) is 4.76. The number of hydrogen-bond acceptors (Lipinski definition) is 4. The van der Waals surface area contributed by atoms with Crippen LogP contribution in [0.4, 0.5) is 0 Å². The van der Waals surface area contributed by atoms with Crippen molar-refractivity contribution in [2.24, 2.45) is 5.92 Å². The molecule has 112 valence electrons. The first kappa shape index (κ1) is 15.4. The van der Waals surface area contributed by atoms with Crippen LogP contribution in [-0.4, -0.2) is 30.2 Å². The predicted octanol–water partition coefficient (Wildman–Crippen LogP) is 2.38. The van der Waals surface area contributed by atoms with Gasteiger partial charge in [0.05, 0.1) is 0 Å². The van der Waals surface area contributed by atoms with Crippen molar-refractivity contribution in [1.29, 1.82) is 0 Å². The van der Waals surface area contributed by atoms with Gasteiger partial charge in [0, 0.05) is 18.5 Å². The zero-order valence-electron chi connectivity index (χ0n) is 13.4. The number of rotatable bonds is 5. The normalized spacial score (nSPS) is 18.9. The van der Waals surface area contributed by atoms with Crippen LogP contribution in [-0.2, 0) is 23.2 Å². The molecule has 1 aromatic heterocycles. The van der Waals surface area contributed by atoms with Crippen molar-refractivity contribution in [3.8, 4) is 0 Å². The minimum absolute atomic E-state index is 0.416. The van der Waals surface area contributed by atoms with E-state index in [4.69, 9.17) is 9.72 Å². The number of fused-ring (bicyclic) bond motifs is 1. The van der Waals surface area contributed by atoms with Crippen LogP contribution in [0.5, 0.6) is 0 Å². The molecule has 0 aliphatic heterocycles. The molecule has 0 amide bonds. The number of methoxy groups -OCH3 is 1. The number of hydrogen-bond donors (Lipinski definition) is 1. The molecule has 1 aliphatic rings. The lowest BCUT2D eigenvalue weighted by molar-refractivity contribution is 0.0110. The summed E-state index contributed by atoms with van der Waals surface area (Å²) in [5, 5.41) is 3.45. The van der Waals surface area contributed by atoms with E-state index in [1.165, 1.54) is 17.7 Å². The molecule has 4 nitrogen and oxygen atoms in total. The second-order valence-electron chi connectivity index (χ2n) is 6.19. The summed E-state index contributed by atoms with van der Waals surface area (Å²) in [6, 6.07) is 0. The van der Waals surface area contributed by atoms with Crippen molar-refractivity contribution in [3.05, 3.63) is 22.8 Å². The minimum Gasteiger partial charge on any atom is -0.371 e. The van der Waals surface area contributed by atoms with Crippen molar-refractivity contribution >= 4 is 0 Å². The van der Waals surface area contributed by atoms with Gasteiger partial charge in [0.2, 0.25) is 0 Å². The van der Waals surface area contributed by atoms with E-state index in [2.05, 4.69) is 24.1 Å². The lowest BCUT2D eigenvalue weighted by atomic mass is 9.85. The van der Waals surface area contributed by atoms with Gasteiger partial charge >= 0.3 is 0 Å². The first-order chi connectivity index (χ1) is 9.47. The van der Waals surface area contributed by atoms with Gasteiger partial charge in [-0.15, -0.1) is 0 Å². The molecule has 20 heavy (non-hydrogen) atoms. The summed E-state index contributed by atoms with van der Waals surface area (Å²) in [5.41, 5.74) is 3.29. The molecule has 0 fully saturated rings. The molecular weight excluding hydrogens is 250 g/mol. The monoisotopic (exact) mass is 277 g/mol. The Hall–Kier alpha value is -1.00. The molecule has 0 spiro atoms. The molecule has 2 rings (SSSR count). The van der Waals surface area contributed by atoms with Gasteiger partial charge in [0.25, 0.3) is 0 Å². The fourth-order valence-corrected chi connectivity index (χ4v) is 2.74. The summed E-state index contributed by atoms with van der Waals surface area (Å²) in [6.07, 6.45) is 3.37. The van der Waals surface area contributed by atoms with Crippen LogP contribution in [0.15, 0.2) is 0 Å². The van der Waals surface area contributed by atoms with Crippen molar-refractivity contribution in [1.82, 2.24) is 15.3 Å². The molecule has 4 heteroatoms. The summed E-state index contributed by atoms with van der Waals surface area (Å²) >= 11 is 0. The first-order valence-electron chi connectivity index (χ1n) is 7.60. The van der Waals surface area contributed by atoms with Gasteiger partial charge in [0.1, 0.15) is 5.60 Å². The lowest BCUT2D eigenvalue weighted by Gasteiger charge is -2.28. The fourth-order valence-electron chi connectivity index (χ4n) is 2.74. The van der Waals surface area contributed by atoms with Crippen molar-refractivity contribution in [2.75, 3.05) is 20.2 Å². The molecule has 0 radical (unpaired) electrons. The van der Waals surface area contributed by atoms with Crippen molar-refractivity contribution < 1.29 is 4.74 Å². The third-order valence-corrected chi connectivity index (χ3v) is 4.31.